The number of aromatic amines is 1. The number of rotatable bonds is 6. The molecule has 186 valence electrons. The van der Waals surface area contributed by atoms with Crippen molar-refractivity contribution in [1.82, 2.24) is 25.1 Å². The first kappa shape index (κ1) is 24.6. The molecule has 1 aromatic heterocycles. The van der Waals surface area contributed by atoms with Crippen LogP contribution in [0, 0.1) is 12.8 Å². The number of benzene rings is 1. The van der Waals surface area contributed by atoms with Crippen molar-refractivity contribution >= 4 is 6.03 Å². The molecule has 34 heavy (non-hydrogen) atoms. The Bertz CT molecular complexity index is 958. The van der Waals surface area contributed by atoms with E-state index in [0.717, 1.165) is 56.0 Å². The second kappa shape index (κ2) is 10.4. The quantitative estimate of drug-likeness (QED) is 0.601. The van der Waals surface area contributed by atoms with Crippen LogP contribution in [0.15, 0.2) is 24.3 Å². The Morgan fingerprint density at radius 1 is 1.15 bits per heavy atom. The zero-order chi connectivity index (χ0) is 24.3. The number of carbonyl (C=O) groups excluding carboxylic acids is 1. The van der Waals surface area contributed by atoms with E-state index < -0.39 is 11.7 Å². The van der Waals surface area contributed by atoms with E-state index in [1.165, 1.54) is 37.8 Å². The van der Waals surface area contributed by atoms with Crippen molar-refractivity contribution in [3.05, 3.63) is 41.2 Å². The lowest BCUT2D eigenvalue weighted by molar-refractivity contribution is -0.137. The third-order valence-electron chi connectivity index (χ3n) is 7.25. The predicted octanol–water partition coefficient (Wildman–Crippen LogP) is 5.20. The number of imidazole rings is 1. The van der Waals surface area contributed by atoms with Crippen molar-refractivity contribution in [2.75, 3.05) is 26.7 Å². The maximum absolute atomic E-state index is 12.8. The summed E-state index contributed by atoms with van der Waals surface area (Å²) in [4.78, 5) is 24.8. The third kappa shape index (κ3) is 5.74. The molecule has 0 spiro atoms. The van der Waals surface area contributed by atoms with Gasteiger partial charge < -0.3 is 15.2 Å². The molecule has 6 nitrogen and oxygen atoms in total. The summed E-state index contributed by atoms with van der Waals surface area (Å²) < 4.78 is 38.5. The van der Waals surface area contributed by atoms with Gasteiger partial charge in [0.25, 0.3) is 0 Å². The first-order chi connectivity index (χ1) is 16.2. The molecule has 1 saturated heterocycles. The molecular formula is C25H34F3N5O. The highest BCUT2D eigenvalue weighted by atomic mass is 19.4. The van der Waals surface area contributed by atoms with Crippen molar-refractivity contribution in [3.63, 3.8) is 0 Å². The van der Waals surface area contributed by atoms with Gasteiger partial charge in [0.1, 0.15) is 5.82 Å². The smallest absolute Gasteiger partial charge is 0.342 e. The Morgan fingerprint density at radius 2 is 1.79 bits per heavy atom. The zero-order valence-electron chi connectivity index (χ0n) is 19.9. The Hall–Kier alpha value is -2.55. The van der Waals surface area contributed by atoms with Crippen molar-refractivity contribution in [2.45, 2.75) is 64.2 Å². The largest absolute Gasteiger partial charge is 0.416 e. The number of carbonyl (C=O) groups is 1. The minimum Gasteiger partial charge on any atom is -0.342 e. The molecule has 0 radical (unpaired) electrons. The highest BCUT2D eigenvalue weighted by Gasteiger charge is 2.31. The molecule has 2 N–H and O–H groups in total. The molecule has 4 rings (SSSR count). The SMILES string of the molecule is CNC(=O)N(CC1CCCC1)C1CCN(Cc2nc(-c3ccc(C(F)(F)F)cc3)[nH]c2C)CC1. The van der Waals surface area contributed by atoms with Crippen LogP contribution in [0.4, 0.5) is 18.0 Å². The number of hydrogen-bond donors (Lipinski definition) is 2. The van der Waals surface area contributed by atoms with Crippen LogP contribution in [0.1, 0.15) is 55.5 Å². The number of aromatic nitrogens is 2. The summed E-state index contributed by atoms with van der Waals surface area (Å²) in [6.07, 6.45) is 2.46. The standard InChI is InChI=1S/C25H34F3N5O/c1-17-22(31-23(30-17)19-7-9-20(10-8-19)25(26,27)28)16-32-13-11-21(12-14-32)33(24(34)29-2)15-18-5-3-4-6-18/h7-10,18,21H,3-6,11-16H2,1-2H3,(H,29,34)(H,30,31). The summed E-state index contributed by atoms with van der Waals surface area (Å²) in [5.74, 6) is 1.20. The average molecular weight is 478 g/mol. The van der Waals surface area contributed by atoms with E-state index in [1.807, 2.05) is 6.92 Å². The molecule has 2 aliphatic rings. The van der Waals surface area contributed by atoms with Gasteiger partial charge in [0.2, 0.25) is 0 Å². The summed E-state index contributed by atoms with van der Waals surface area (Å²) in [6.45, 7) is 5.23. The summed E-state index contributed by atoms with van der Waals surface area (Å²) in [5, 5.41) is 2.82. The number of likely N-dealkylation sites (tertiary alicyclic amines) is 1. The summed E-state index contributed by atoms with van der Waals surface area (Å²) in [6, 6.07) is 5.35. The Morgan fingerprint density at radius 3 is 2.38 bits per heavy atom. The van der Waals surface area contributed by atoms with Gasteiger partial charge in [-0.2, -0.15) is 13.2 Å². The van der Waals surface area contributed by atoms with Crippen molar-refractivity contribution in [3.8, 4) is 11.4 Å². The predicted molar refractivity (Wildman–Crippen MR) is 125 cm³/mol. The van der Waals surface area contributed by atoms with E-state index in [9.17, 15) is 18.0 Å². The van der Waals surface area contributed by atoms with Crippen molar-refractivity contribution in [1.29, 1.82) is 0 Å². The molecule has 0 unspecified atom stereocenters. The van der Waals surface area contributed by atoms with Crippen LogP contribution in [0.3, 0.4) is 0 Å². The van der Waals surface area contributed by atoms with Crippen LogP contribution >= 0.6 is 0 Å². The van der Waals surface area contributed by atoms with Crippen LogP contribution in [-0.4, -0.2) is 58.5 Å². The van der Waals surface area contributed by atoms with Crippen LogP contribution in [-0.2, 0) is 12.7 Å². The lowest BCUT2D eigenvalue weighted by atomic mass is 10.00. The molecule has 2 heterocycles. The van der Waals surface area contributed by atoms with E-state index in [4.69, 9.17) is 0 Å². The zero-order valence-corrected chi connectivity index (χ0v) is 19.9. The van der Waals surface area contributed by atoms with Gasteiger partial charge in [-0.15, -0.1) is 0 Å². The second-order valence-electron chi connectivity index (χ2n) is 9.60. The second-order valence-corrected chi connectivity index (χ2v) is 9.60. The lowest BCUT2D eigenvalue weighted by Gasteiger charge is -2.39. The number of aryl methyl sites for hydroxylation is 1. The molecule has 0 bridgehead atoms. The summed E-state index contributed by atoms with van der Waals surface area (Å²) >= 11 is 0. The lowest BCUT2D eigenvalue weighted by Crippen LogP contribution is -2.51. The number of nitrogens with zero attached hydrogens (tertiary/aromatic N) is 3. The molecule has 2 fully saturated rings. The van der Waals surface area contributed by atoms with Gasteiger partial charge in [0.15, 0.2) is 0 Å². The van der Waals surface area contributed by atoms with Crippen LogP contribution in [0.2, 0.25) is 0 Å². The third-order valence-corrected chi connectivity index (χ3v) is 7.25. The van der Waals surface area contributed by atoms with E-state index in [0.29, 0.717) is 23.9 Å². The Balaban J connectivity index is 1.35. The fourth-order valence-electron chi connectivity index (χ4n) is 5.22. The molecule has 1 saturated carbocycles. The van der Waals surface area contributed by atoms with Gasteiger partial charge in [0.05, 0.1) is 11.3 Å². The topological polar surface area (TPSA) is 64.3 Å². The van der Waals surface area contributed by atoms with Crippen molar-refractivity contribution in [2.24, 2.45) is 5.92 Å². The number of alkyl halides is 3. The van der Waals surface area contributed by atoms with Crippen molar-refractivity contribution < 1.29 is 18.0 Å². The van der Waals surface area contributed by atoms with E-state index in [1.54, 1.807) is 7.05 Å². The molecule has 1 aliphatic heterocycles. The van der Waals surface area contributed by atoms with Gasteiger partial charge in [-0.1, -0.05) is 25.0 Å². The molecule has 2 aromatic rings. The minimum atomic E-state index is -4.35. The first-order valence-corrected chi connectivity index (χ1v) is 12.2. The molecule has 1 aromatic carbocycles. The monoisotopic (exact) mass is 477 g/mol. The van der Waals surface area contributed by atoms with Gasteiger partial charge >= 0.3 is 12.2 Å². The number of nitrogens with one attached hydrogen (secondary N) is 2. The van der Waals surface area contributed by atoms with Gasteiger partial charge in [0, 0.05) is 50.5 Å². The number of hydrogen-bond acceptors (Lipinski definition) is 3. The van der Waals surface area contributed by atoms with Gasteiger partial charge in [-0.25, -0.2) is 9.78 Å². The normalized spacial score (nSPS) is 18.4. The van der Waals surface area contributed by atoms with Crippen LogP contribution in [0.25, 0.3) is 11.4 Å². The molecule has 2 amide bonds. The summed E-state index contributed by atoms with van der Waals surface area (Å²) in [7, 11) is 1.70. The first-order valence-electron chi connectivity index (χ1n) is 12.2. The number of amides is 2. The minimum absolute atomic E-state index is 0.0229. The Kier molecular flexibility index (Phi) is 7.50. The fraction of sp³-hybridized carbons (Fsp3) is 0.600. The number of piperidine rings is 1. The average Bonchev–Trinajstić information content (AvgIpc) is 3.47. The molecule has 0 atom stereocenters. The van der Waals surface area contributed by atoms with E-state index in [2.05, 4.69) is 25.1 Å². The Labute approximate surface area is 198 Å². The van der Waals surface area contributed by atoms with Crippen LogP contribution in [0.5, 0.6) is 0 Å². The van der Waals surface area contributed by atoms with E-state index >= 15 is 0 Å². The maximum Gasteiger partial charge on any atom is 0.416 e. The number of H-pyrrole nitrogens is 1. The molecular weight excluding hydrogens is 443 g/mol. The van der Waals surface area contributed by atoms with E-state index in [-0.39, 0.29) is 12.1 Å². The number of halogens is 3. The fourth-order valence-corrected chi connectivity index (χ4v) is 5.22. The van der Waals surface area contributed by atoms with Gasteiger partial charge in [-0.05, 0) is 50.7 Å². The maximum atomic E-state index is 12.8. The highest BCUT2D eigenvalue weighted by molar-refractivity contribution is 5.74. The van der Waals surface area contributed by atoms with Gasteiger partial charge in [-0.3, -0.25) is 4.90 Å². The molecule has 1 aliphatic carbocycles. The van der Waals surface area contributed by atoms with Crippen LogP contribution < -0.4 is 5.32 Å². The number of urea groups is 1. The molecule has 9 heteroatoms. The summed E-state index contributed by atoms with van der Waals surface area (Å²) in [5.41, 5.74) is 1.79. The highest BCUT2D eigenvalue weighted by Crippen LogP contribution is 2.31.